The van der Waals surface area contributed by atoms with E-state index < -0.39 is 0 Å². The van der Waals surface area contributed by atoms with Gasteiger partial charge in [-0.3, -0.25) is 4.99 Å². The second-order valence-electron chi connectivity index (χ2n) is 8.10. The minimum Gasteiger partial charge on any atom is -0.507 e. The van der Waals surface area contributed by atoms with Crippen LogP contribution in [0.2, 0.25) is 0 Å². The van der Waals surface area contributed by atoms with E-state index in [0.29, 0.717) is 5.92 Å². The number of phenols is 1. The molecule has 0 bridgehead atoms. The number of methoxy groups -OCH3 is 1. The maximum atomic E-state index is 11.0. The highest BCUT2D eigenvalue weighted by atomic mass is 16.5. The van der Waals surface area contributed by atoms with Gasteiger partial charge in [0.05, 0.1) is 7.11 Å². The molecule has 0 spiro atoms. The first-order valence-corrected chi connectivity index (χ1v) is 9.99. The summed E-state index contributed by atoms with van der Waals surface area (Å²) in [7, 11) is 1.66. The van der Waals surface area contributed by atoms with Crippen molar-refractivity contribution in [1.29, 1.82) is 0 Å². The smallest absolute Gasteiger partial charge is 0.128 e. The molecule has 1 aliphatic carbocycles. The maximum Gasteiger partial charge on any atom is 0.128 e. The Kier molecular flexibility index (Phi) is 6.20. The number of benzene rings is 2. The Labute approximate surface area is 163 Å². The van der Waals surface area contributed by atoms with E-state index in [1.165, 1.54) is 32.1 Å². The summed E-state index contributed by atoms with van der Waals surface area (Å²) in [6.07, 6.45) is 8.35. The van der Waals surface area contributed by atoms with Gasteiger partial charge in [-0.15, -0.1) is 0 Å². The number of ether oxygens (including phenoxy) is 1. The summed E-state index contributed by atoms with van der Waals surface area (Å²) in [6, 6.07) is 14.0. The first-order chi connectivity index (χ1) is 13.0. The van der Waals surface area contributed by atoms with Gasteiger partial charge in [-0.2, -0.15) is 0 Å². The summed E-state index contributed by atoms with van der Waals surface area (Å²) in [5.74, 6) is 1.71. The van der Waals surface area contributed by atoms with Gasteiger partial charge in [0.25, 0.3) is 0 Å². The Balaban J connectivity index is 1.90. The largest absolute Gasteiger partial charge is 0.507 e. The fourth-order valence-corrected chi connectivity index (χ4v) is 4.00. The Bertz CT molecular complexity index is 774. The van der Waals surface area contributed by atoms with E-state index in [1.54, 1.807) is 7.11 Å². The monoisotopic (exact) mass is 365 g/mol. The summed E-state index contributed by atoms with van der Waals surface area (Å²) in [6.45, 7) is 5.09. The molecule has 0 aliphatic heterocycles. The highest BCUT2D eigenvalue weighted by Crippen LogP contribution is 2.40. The average molecular weight is 366 g/mol. The van der Waals surface area contributed by atoms with Crippen LogP contribution in [-0.4, -0.2) is 25.0 Å². The van der Waals surface area contributed by atoms with E-state index >= 15 is 0 Å². The van der Waals surface area contributed by atoms with Crippen LogP contribution in [0.1, 0.15) is 62.6 Å². The van der Waals surface area contributed by atoms with Crippen molar-refractivity contribution in [3.05, 3.63) is 59.2 Å². The number of hydrogen-bond acceptors (Lipinski definition) is 3. The van der Waals surface area contributed by atoms with Crippen LogP contribution in [-0.2, 0) is 5.41 Å². The number of nitrogens with zero attached hydrogens (tertiary/aromatic N) is 1. The third-order valence-electron chi connectivity index (χ3n) is 5.84. The Hall–Kier alpha value is -2.29. The second-order valence-corrected chi connectivity index (χ2v) is 8.10. The molecule has 3 rings (SSSR count). The predicted octanol–water partition coefficient (Wildman–Crippen LogP) is 5.73. The van der Waals surface area contributed by atoms with Crippen LogP contribution in [0.3, 0.4) is 0 Å². The van der Waals surface area contributed by atoms with Crippen molar-refractivity contribution in [2.75, 3.05) is 13.7 Å². The van der Waals surface area contributed by atoms with Crippen molar-refractivity contribution in [2.45, 2.75) is 51.4 Å². The van der Waals surface area contributed by atoms with Gasteiger partial charge in [0.1, 0.15) is 11.5 Å². The summed E-state index contributed by atoms with van der Waals surface area (Å²) >= 11 is 0. The normalized spacial score (nSPS) is 16.0. The first kappa shape index (κ1) is 19.5. The van der Waals surface area contributed by atoms with Crippen LogP contribution in [0.25, 0.3) is 0 Å². The standard InChI is InChI=1S/C24H31NO2/c1-24(2,20-12-8-5-9-13-20)22-15-21(27-3)14-19(23(22)26)17-25-16-18-10-6-4-7-11-18/h5,8-9,12-15,17-18,26H,4,6-7,10-11,16H2,1-3H3. The molecule has 0 saturated heterocycles. The molecule has 1 fully saturated rings. The zero-order valence-electron chi connectivity index (χ0n) is 16.7. The van der Waals surface area contributed by atoms with Gasteiger partial charge in [-0.25, -0.2) is 0 Å². The van der Waals surface area contributed by atoms with Gasteiger partial charge in [0.15, 0.2) is 0 Å². The van der Waals surface area contributed by atoms with Crippen molar-refractivity contribution in [3.8, 4) is 11.5 Å². The molecule has 3 nitrogen and oxygen atoms in total. The zero-order valence-corrected chi connectivity index (χ0v) is 16.7. The molecular weight excluding hydrogens is 334 g/mol. The quantitative estimate of drug-likeness (QED) is 0.665. The molecule has 3 heteroatoms. The molecule has 0 aromatic heterocycles. The molecule has 1 N–H and O–H groups in total. The van der Waals surface area contributed by atoms with Gasteiger partial charge >= 0.3 is 0 Å². The van der Waals surface area contributed by atoms with Crippen molar-refractivity contribution in [3.63, 3.8) is 0 Å². The topological polar surface area (TPSA) is 41.8 Å². The van der Waals surface area contributed by atoms with Crippen molar-refractivity contribution in [1.82, 2.24) is 0 Å². The zero-order chi connectivity index (χ0) is 19.3. The summed E-state index contributed by atoms with van der Waals surface area (Å²) in [4.78, 5) is 4.66. The lowest BCUT2D eigenvalue weighted by Crippen LogP contribution is -2.19. The Morgan fingerprint density at radius 3 is 2.48 bits per heavy atom. The van der Waals surface area contributed by atoms with Crippen molar-refractivity contribution in [2.24, 2.45) is 10.9 Å². The van der Waals surface area contributed by atoms with Gasteiger partial charge in [-0.1, -0.05) is 63.4 Å². The van der Waals surface area contributed by atoms with Crippen LogP contribution in [0.15, 0.2) is 47.5 Å². The van der Waals surface area contributed by atoms with E-state index in [0.717, 1.165) is 29.0 Å². The Morgan fingerprint density at radius 1 is 1.11 bits per heavy atom. The van der Waals surface area contributed by atoms with Crippen LogP contribution in [0.5, 0.6) is 11.5 Å². The van der Waals surface area contributed by atoms with Crippen molar-refractivity contribution >= 4 is 6.21 Å². The molecular formula is C24H31NO2. The maximum absolute atomic E-state index is 11.0. The molecule has 1 aliphatic rings. The minimum absolute atomic E-state index is 0.289. The molecule has 144 valence electrons. The molecule has 0 amide bonds. The number of phenolic OH excluding ortho intramolecular Hbond substituents is 1. The highest BCUT2D eigenvalue weighted by molar-refractivity contribution is 5.85. The summed E-state index contributed by atoms with van der Waals surface area (Å²) < 4.78 is 5.51. The second kappa shape index (κ2) is 8.60. The van der Waals surface area contributed by atoms with Crippen LogP contribution in [0.4, 0.5) is 0 Å². The molecule has 1 saturated carbocycles. The van der Waals surface area contributed by atoms with Gasteiger partial charge in [0, 0.05) is 29.3 Å². The third-order valence-corrected chi connectivity index (χ3v) is 5.84. The predicted molar refractivity (Wildman–Crippen MR) is 112 cm³/mol. The fourth-order valence-electron chi connectivity index (χ4n) is 4.00. The molecule has 2 aromatic carbocycles. The highest BCUT2D eigenvalue weighted by Gasteiger charge is 2.28. The molecule has 0 unspecified atom stereocenters. The van der Waals surface area contributed by atoms with Gasteiger partial charge < -0.3 is 9.84 Å². The first-order valence-electron chi connectivity index (χ1n) is 9.99. The number of hydrogen-bond donors (Lipinski definition) is 1. The lowest BCUT2D eigenvalue weighted by Gasteiger charge is -2.28. The summed E-state index contributed by atoms with van der Waals surface area (Å²) in [5.41, 5.74) is 2.39. The van der Waals surface area contributed by atoms with Crippen molar-refractivity contribution < 1.29 is 9.84 Å². The molecule has 0 radical (unpaired) electrons. The lowest BCUT2D eigenvalue weighted by molar-refractivity contribution is 0.367. The van der Waals surface area contributed by atoms with E-state index in [1.807, 2.05) is 36.5 Å². The Morgan fingerprint density at radius 2 is 1.81 bits per heavy atom. The lowest BCUT2D eigenvalue weighted by atomic mass is 9.77. The van der Waals surface area contributed by atoms with Gasteiger partial charge in [-0.05, 0) is 36.5 Å². The van der Waals surface area contributed by atoms with Crippen LogP contribution in [0, 0.1) is 5.92 Å². The third kappa shape index (κ3) is 4.52. The molecule has 27 heavy (non-hydrogen) atoms. The van der Waals surface area contributed by atoms with E-state index in [-0.39, 0.29) is 11.2 Å². The number of aliphatic imine (C=N–C) groups is 1. The number of aromatic hydroxyl groups is 1. The van der Waals surface area contributed by atoms with Crippen LogP contribution < -0.4 is 4.74 Å². The summed E-state index contributed by atoms with van der Waals surface area (Å²) in [5, 5.41) is 11.0. The molecule has 2 aromatic rings. The SMILES string of the molecule is COc1cc(C=NCC2CCCCC2)c(O)c(C(C)(C)c2ccccc2)c1. The molecule has 0 heterocycles. The van der Waals surface area contributed by atoms with E-state index in [2.05, 4.69) is 31.0 Å². The van der Waals surface area contributed by atoms with Crippen LogP contribution >= 0.6 is 0 Å². The fraction of sp³-hybridized carbons (Fsp3) is 0.458. The number of rotatable bonds is 6. The minimum atomic E-state index is -0.341. The van der Waals surface area contributed by atoms with Gasteiger partial charge in [0.2, 0.25) is 0 Å². The van der Waals surface area contributed by atoms with E-state index in [4.69, 9.17) is 4.74 Å². The average Bonchev–Trinajstić information content (AvgIpc) is 2.70. The molecule has 0 atom stereocenters. The van der Waals surface area contributed by atoms with E-state index in [9.17, 15) is 5.11 Å².